The number of methoxy groups -OCH3 is 1. The quantitative estimate of drug-likeness (QED) is 0.575. The molecule has 0 radical (unpaired) electrons. The zero-order valence-electron chi connectivity index (χ0n) is 17.7. The molecule has 1 aliphatic heterocycles. The summed E-state index contributed by atoms with van der Waals surface area (Å²) < 4.78 is 32.7. The second-order valence-corrected chi connectivity index (χ2v) is 7.49. The van der Waals surface area contributed by atoms with Gasteiger partial charge in [-0.1, -0.05) is 35.9 Å². The van der Waals surface area contributed by atoms with E-state index in [4.69, 9.17) is 4.74 Å². The molecule has 0 saturated heterocycles. The monoisotopic (exact) mass is 434 g/mol. The lowest BCUT2D eigenvalue weighted by Crippen LogP contribution is -2.32. The zero-order chi connectivity index (χ0) is 23.0. The van der Waals surface area contributed by atoms with Crippen LogP contribution < -0.4 is 15.0 Å². The molecule has 3 aromatic carbocycles. The zero-order valence-corrected chi connectivity index (χ0v) is 17.7. The number of anilines is 2. The Bertz CT molecular complexity index is 1270. The predicted octanol–water partition coefficient (Wildman–Crippen LogP) is 4.99. The van der Waals surface area contributed by atoms with Crippen LogP contribution in [0.1, 0.15) is 16.7 Å². The molecule has 0 fully saturated rings. The number of aryl methyl sites for hydroxylation is 2. The Morgan fingerprint density at radius 2 is 1.50 bits per heavy atom. The van der Waals surface area contributed by atoms with Gasteiger partial charge in [0.1, 0.15) is 11.4 Å². The Morgan fingerprint density at radius 3 is 2.16 bits per heavy atom. The van der Waals surface area contributed by atoms with Crippen molar-refractivity contribution in [2.75, 3.05) is 17.3 Å². The van der Waals surface area contributed by atoms with Crippen LogP contribution in [-0.4, -0.2) is 18.9 Å². The first-order valence-electron chi connectivity index (χ1n) is 9.87. The minimum Gasteiger partial charge on any atom is -0.495 e. The van der Waals surface area contributed by atoms with Crippen molar-refractivity contribution < 1.29 is 23.1 Å². The largest absolute Gasteiger partial charge is 0.495 e. The maximum Gasteiger partial charge on any atom is 0.282 e. The van der Waals surface area contributed by atoms with E-state index < -0.39 is 23.4 Å². The van der Waals surface area contributed by atoms with Crippen LogP contribution in [0, 0.1) is 25.5 Å². The molecule has 5 nitrogen and oxygen atoms in total. The van der Waals surface area contributed by atoms with Gasteiger partial charge in [-0.15, -0.1) is 0 Å². The first-order valence-corrected chi connectivity index (χ1v) is 9.87. The number of carbonyl (C=O) groups is 2. The summed E-state index contributed by atoms with van der Waals surface area (Å²) in [7, 11) is 1.50. The topological polar surface area (TPSA) is 58.6 Å². The van der Waals surface area contributed by atoms with Gasteiger partial charge in [0.05, 0.1) is 24.1 Å². The van der Waals surface area contributed by atoms with Crippen molar-refractivity contribution in [3.8, 4) is 5.75 Å². The third-order valence-corrected chi connectivity index (χ3v) is 5.20. The number of ether oxygens (including phenoxy) is 1. The van der Waals surface area contributed by atoms with Gasteiger partial charge in [-0.05, 0) is 49.2 Å². The van der Waals surface area contributed by atoms with Crippen LogP contribution >= 0.6 is 0 Å². The number of carbonyl (C=O) groups excluding carboxylic acids is 2. The van der Waals surface area contributed by atoms with Crippen LogP contribution in [0.4, 0.5) is 20.2 Å². The van der Waals surface area contributed by atoms with E-state index in [2.05, 4.69) is 5.32 Å². The van der Waals surface area contributed by atoms with E-state index >= 15 is 0 Å². The van der Waals surface area contributed by atoms with Crippen LogP contribution in [0.5, 0.6) is 5.75 Å². The molecule has 4 rings (SSSR count). The molecule has 0 spiro atoms. The molecular formula is C25H20F2N2O3. The number of rotatable bonds is 5. The molecule has 0 saturated carbocycles. The minimum atomic E-state index is -1.15. The molecule has 2 amide bonds. The van der Waals surface area contributed by atoms with Gasteiger partial charge in [0.25, 0.3) is 11.8 Å². The number of hydrogen-bond acceptors (Lipinski definition) is 4. The van der Waals surface area contributed by atoms with Crippen LogP contribution in [-0.2, 0) is 9.59 Å². The average Bonchev–Trinajstić information content (AvgIpc) is 3.00. The highest BCUT2D eigenvalue weighted by Crippen LogP contribution is 2.36. The van der Waals surface area contributed by atoms with Crippen molar-refractivity contribution in [2.24, 2.45) is 0 Å². The Morgan fingerprint density at radius 1 is 0.812 bits per heavy atom. The SMILES string of the molecule is COc1ccc(C)cc1NC1=C(c2ccc(C)cc2)C(=O)N(c2ccc(F)c(F)c2)C1=O. The predicted molar refractivity (Wildman–Crippen MR) is 118 cm³/mol. The van der Waals surface area contributed by atoms with E-state index in [9.17, 15) is 18.4 Å². The van der Waals surface area contributed by atoms with Gasteiger partial charge in [0.2, 0.25) is 0 Å². The van der Waals surface area contributed by atoms with E-state index in [1.54, 1.807) is 24.3 Å². The first-order chi connectivity index (χ1) is 15.3. The van der Waals surface area contributed by atoms with Crippen molar-refractivity contribution >= 4 is 28.8 Å². The fraction of sp³-hybridized carbons (Fsp3) is 0.120. The maximum atomic E-state index is 13.9. The Labute approximate surface area is 183 Å². The molecule has 32 heavy (non-hydrogen) atoms. The average molecular weight is 434 g/mol. The summed E-state index contributed by atoms with van der Waals surface area (Å²) in [6.07, 6.45) is 0. The summed E-state index contributed by atoms with van der Waals surface area (Å²) in [5, 5.41) is 3.05. The maximum absolute atomic E-state index is 13.9. The third kappa shape index (κ3) is 3.73. The van der Waals surface area contributed by atoms with Crippen molar-refractivity contribution in [3.05, 3.63) is 94.7 Å². The number of nitrogens with zero attached hydrogens (tertiary/aromatic N) is 1. The molecule has 0 unspecified atom stereocenters. The fourth-order valence-electron chi connectivity index (χ4n) is 3.55. The number of hydrogen-bond donors (Lipinski definition) is 1. The summed E-state index contributed by atoms with van der Waals surface area (Å²) >= 11 is 0. The van der Waals surface area contributed by atoms with Gasteiger partial charge in [-0.3, -0.25) is 9.59 Å². The molecule has 3 aromatic rings. The highest BCUT2D eigenvalue weighted by atomic mass is 19.2. The van der Waals surface area contributed by atoms with E-state index in [0.717, 1.165) is 28.2 Å². The third-order valence-electron chi connectivity index (χ3n) is 5.20. The summed E-state index contributed by atoms with van der Waals surface area (Å²) in [5.74, 6) is -3.05. The highest BCUT2D eigenvalue weighted by molar-refractivity contribution is 6.46. The number of nitrogens with one attached hydrogen (secondary N) is 1. The second kappa shape index (κ2) is 8.26. The van der Waals surface area contributed by atoms with Gasteiger partial charge in [-0.25, -0.2) is 13.7 Å². The van der Waals surface area contributed by atoms with E-state index in [-0.39, 0.29) is 17.0 Å². The van der Waals surface area contributed by atoms with Crippen molar-refractivity contribution in [3.63, 3.8) is 0 Å². The number of imide groups is 1. The van der Waals surface area contributed by atoms with Crippen molar-refractivity contribution in [1.82, 2.24) is 0 Å². The van der Waals surface area contributed by atoms with Crippen LogP contribution in [0.3, 0.4) is 0 Å². The normalized spacial score (nSPS) is 13.7. The fourth-order valence-corrected chi connectivity index (χ4v) is 3.55. The number of amides is 2. The molecule has 1 heterocycles. The Kier molecular flexibility index (Phi) is 5.48. The lowest BCUT2D eigenvalue weighted by atomic mass is 10.0. The first kappa shape index (κ1) is 21.2. The summed E-state index contributed by atoms with van der Waals surface area (Å²) in [6, 6.07) is 15.4. The van der Waals surface area contributed by atoms with Gasteiger partial charge in [-0.2, -0.15) is 0 Å². The standard InChI is InChI=1S/C25H20F2N2O3/c1-14-4-7-16(8-5-14)22-23(28-20-12-15(2)6-11-21(20)32-3)25(31)29(24(22)30)17-9-10-18(26)19(27)13-17/h4-13,28H,1-3H3. The Hall–Kier alpha value is -4.00. The highest BCUT2D eigenvalue weighted by Gasteiger charge is 2.40. The molecule has 1 N–H and O–H groups in total. The van der Waals surface area contributed by atoms with Crippen molar-refractivity contribution in [2.45, 2.75) is 13.8 Å². The van der Waals surface area contributed by atoms with Gasteiger partial charge < -0.3 is 10.1 Å². The van der Waals surface area contributed by atoms with Gasteiger partial charge >= 0.3 is 0 Å². The molecule has 0 aliphatic carbocycles. The summed E-state index contributed by atoms with van der Waals surface area (Å²) in [4.78, 5) is 27.6. The smallest absolute Gasteiger partial charge is 0.282 e. The molecule has 7 heteroatoms. The van der Waals surface area contributed by atoms with Crippen LogP contribution in [0.2, 0.25) is 0 Å². The molecular weight excluding hydrogens is 414 g/mol. The Balaban J connectivity index is 1.86. The number of benzene rings is 3. The molecule has 162 valence electrons. The number of halogens is 2. The molecule has 1 aliphatic rings. The van der Waals surface area contributed by atoms with E-state index in [1.165, 1.54) is 13.2 Å². The van der Waals surface area contributed by atoms with E-state index in [0.29, 0.717) is 17.0 Å². The van der Waals surface area contributed by atoms with Gasteiger partial charge in [0, 0.05) is 6.07 Å². The van der Waals surface area contributed by atoms with Crippen molar-refractivity contribution in [1.29, 1.82) is 0 Å². The lowest BCUT2D eigenvalue weighted by molar-refractivity contribution is -0.120. The summed E-state index contributed by atoms with van der Waals surface area (Å²) in [5.41, 5.74) is 3.01. The second-order valence-electron chi connectivity index (χ2n) is 7.49. The molecule has 0 aromatic heterocycles. The minimum absolute atomic E-state index is 0.0208. The summed E-state index contributed by atoms with van der Waals surface area (Å²) in [6.45, 7) is 3.79. The lowest BCUT2D eigenvalue weighted by Gasteiger charge is -2.16. The van der Waals surface area contributed by atoms with Crippen LogP contribution in [0.25, 0.3) is 5.57 Å². The van der Waals surface area contributed by atoms with Crippen LogP contribution in [0.15, 0.2) is 66.4 Å². The van der Waals surface area contributed by atoms with Gasteiger partial charge in [0.15, 0.2) is 11.6 Å². The molecule has 0 atom stereocenters. The van der Waals surface area contributed by atoms with E-state index in [1.807, 2.05) is 32.0 Å². The molecule has 0 bridgehead atoms.